The van der Waals surface area contributed by atoms with Crippen molar-refractivity contribution in [1.29, 1.82) is 0 Å². The first-order valence-corrected chi connectivity index (χ1v) is 6.12. The van der Waals surface area contributed by atoms with Gasteiger partial charge in [0.05, 0.1) is 5.84 Å². The normalized spacial score (nSPS) is 30.8. The van der Waals surface area contributed by atoms with Gasteiger partial charge in [-0.3, -0.25) is 4.99 Å². The average Bonchev–Trinajstić information content (AvgIpc) is 2.26. The molecule has 0 amide bonds. The van der Waals surface area contributed by atoms with Crippen molar-refractivity contribution in [3.8, 4) is 0 Å². The van der Waals surface area contributed by atoms with E-state index >= 15 is 0 Å². The Morgan fingerprint density at radius 2 is 1.71 bits per heavy atom. The molecule has 1 aliphatic carbocycles. The third-order valence-corrected chi connectivity index (χ3v) is 2.79. The van der Waals surface area contributed by atoms with Crippen molar-refractivity contribution < 1.29 is 0 Å². The van der Waals surface area contributed by atoms with E-state index < -0.39 is 0 Å². The molecule has 2 heteroatoms. The Kier molecular flexibility index (Phi) is 7.54. The minimum atomic E-state index is 0.785. The standard InChI is InChI=1S/C8H14N2.2C2H6/c1-9-8-5-3-6-2-4-7(6)10-8;2*1-2/h6-7H,2-5H2,1H3,(H,9,10);2*1-2H3. The van der Waals surface area contributed by atoms with Gasteiger partial charge in [0.1, 0.15) is 0 Å². The predicted molar refractivity (Wildman–Crippen MR) is 64.9 cm³/mol. The van der Waals surface area contributed by atoms with Gasteiger partial charge in [0.25, 0.3) is 0 Å². The van der Waals surface area contributed by atoms with E-state index in [1.54, 1.807) is 0 Å². The Balaban J connectivity index is 0.000000379. The molecule has 0 aromatic heterocycles. The van der Waals surface area contributed by atoms with Crippen molar-refractivity contribution in [3.05, 3.63) is 0 Å². The van der Waals surface area contributed by atoms with Gasteiger partial charge in [-0.15, -0.1) is 0 Å². The van der Waals surface area contributed by atoms with Crippen molar-refractivity contribution >= 4 is 5.84 Å². The number of nitrogens with one attached hydrogen (secondary N) is 1. The summed E-state index contributed by atoms with van der Waals surface area (Å²) in [6.45, 7) is 8.00. The Morgan fingerprint density at radius 1 is 1.07 bits per heavy atom. The Hall–Kier alpha value is -0.530. The fourth-order valence-electron chi connectivity index (χ4n) is 1.89. The first-order valence-electron chi connectivity index (χ1n) is 6.12. The molecule has 2 fully saturated rings. The molecule has 14 heavy (non-hydrogen) atoms. The van der Waals surface area contributed by atoms with E-state index in [1.807, 2.05) is 34.7 Å². The lowest BCUT2D eigenvalue weighted by atomic mass is 9.74. The third kappa shape index (κ3) is 3.32. The summed E-state index contributed by atoms with van der Waals surface area (Å²) in [7, 11) is 1.88. The molecule has 1 heterocycles. The summed E-state index contributed by atoms with van der Waals surface area (Å²) < 4.78 is 0. The van der Waals surface area contributed by atoms with Crippen molar-refractivity contribution in [2.75, 3.05) is 7.05 Å². The zero-order valence-corrected chi connectivity index (χ0v) is 10.4. The summed E-state index contributed by atoms with van der Waals surface area (Å²) in [5.74, 6) is 2.20. The summed E-state index contributed by atoms with van der Waals surface area (Å²) in [6.07, 6.45) is 5.35. The van der Waals surface area contributed by atoms with Crippen LogP contribution < -0.4 is 5.32 Å². The number of hydrogen-bond acceptors (Lipinski definition) is 1. The maximum atomic E-state index is 4.17. The zero-order chi connectivity index (χ0) is 11.0. The van der Waals surface area contributed by atoms with Crippen LogP contribution >= 0.6 is 0 Å². The quantitative estimate of drug-likeness (QED) is 0.635. The van der Waals surface area contributed by atoms with Gasteiger partial charge >= 0.3 is 0 Å². The molecule has 1 saturated carbocycles. The van der Waals surface area contributed by atoms with Crippen molar-refractivity contribution in [1.82, 2.24) is 5.32 Å². The molecule has 2 unspecified atom stereocenters. The summed E-state index contributed by atoms with van der Waals surface area (Å²) in [4.78, 5) is 4.17. The summed E-state index contributed by atoms with van der Waals surface area (Å²) in [5.41, 5.74) is 0. The lowest BCUT2D eigenvalue weighted by molar-refractivity contribution is 0.205. The van der Waals surface area contributed by atoms with Crippen molar-refractivity contribution in [3.63, 3.8) is 0 Å². The first-order chi connectivity index (χ1) is 6.90. The second-order valence-electron chi connectivity index (χ2n) is 3.30. The van der Waals surface area contributed by atoms with Crippen LogP contribution in [0.15, 0.2) is 4.99 Å². The maximum absolute atomic E-state index is 4.17. The Bertz CT molecular complexity index is 164. The average molecular weight is 198 g/mol. The molecule has 0 bridgehead atoms. The Labute approximate surface area is 89.2 Å². The van der Waals surface area contributed by atoms with Gasteiger partial charge in [0.15, 0.2) is 0 Å². The molecule has 0 aromatic rings. The number of amidine groups is 1. The SMILES string of the molecule is CC.CC.CN=C1CCC2CCC2N1. The minimum absolute atomic E-state index is 0.785. The molecule has 2 nitrogen and oxygen atoms in total. The second kappa shape index (κ2) is 7.84. The van der Waals surface area contributed by atoms with E-state index in [2.05, 4.69) is 10.3 Å². The van der Waals surface area contributed by atoms with Crippen LogP contribution in [-0.4, -0.2) is 18.9 Å². The molecular formula is C12H26N2. The fourth-order valence-corrected chi connectivity index (χ4v) is 1.89. The molecule has 84 valence electrons. The van der Waals surface area contributed by atoms with E-state index in [-0.39, 0.29) is 0 Å². The number of fused-ring (bicyclic) bond motifs is 1. The molecule has 1 N–H and O–H groups in total. The zero-order valence-electron chi connectivity index (χ0n) is 10.4. The molecular weight excluding hydrogens is 172 g/mol. The van der Waals surface area contributed by atoms with E-state index in [0.717, 1.165) is 12.0 Å². The van der Waals surface area contributed by atoms with Crippen molar-refractivity contribution in [2.45, 2.75) is 59.4 Å². The van der Waals surface area contributed by atoms with Crippen LogP contribution in [0.4, 0.5) is 0 Å². The first kappa shape index (κ1) is 13.5. The van der Waals surface area contributed by atoms with Crippen LogP contribution in [0.25, 0.3) is 0 Å². The summed E-state index contributed by atoms with van der Waals surface area (Å²) in [5, 5.41) is 3.45. The van der Waals surface area contributed by atoms with E-state index in [1.165, 1.54) is 31.5 Å². The fraction of sp³-hybridized carbons (Fsp3) is 0.917. The largest absolute Gasteiger partial charge is 0.371 e. The van der Waals surface area contributed by atoms with Crippen LogP contribution in [0.3, 0.4) is 0 Å². The highest BCUT2D eigenvalue weighted by Gasteiger charge is 2.34. The number of rotatable bonds is 0. The lowest BCUT2D eigenvalue weighted by Crippen LogP contribution is -2.50. The highest BCUT2D eigenvalue weighted by molar-refractivity contribution is 5.83. The van der Waals surface area contributed by atoms with Crippen LogP contribution in [0.1, 0.15) is 53.4 Å². The summed E-state index contributed by atoms with van der Waals surface area (Å²) >= 11 is 0. The molecule has 1 saturated heterocycles. The van der Waals surface area contributed by atoms with Gasteiger partial charge in [-0.05, 0) is 25.2 Å². The van der Waals surface area contributed by atoms with E-state index in [9.17, 15) is 0 Å². The minimum Gasteiger partial charge on any atom is -0.371 e. The molecule has 2 aliphatic rings. The van der Waals surface area contributed by atoms with Gasteiger partial charge in [0, 0.05) is 19.5 Å². The molecule has 2 atom stereocenters. The highest BCUT2D eigenvalue weighted by atomic mass is 15.0. The smallest absolute Gasteiger partial charge is 0.0961 e. The summed E-state index contributed by atoms with van der Waals surface area (Å²) in [6, 6.07) is 0.785. The van der Waals surface area contributed by atoms with Crippen LogP contribution in [0, 0.1) is 5.92 Å². The highest BCUT2D eigenvalue weighted by Crippen LogP contribution is 2.34. The van der Waals surface area contributed by atoms with E-state index in [0.29, 0.717) is 0 Å². The van der Waals surface area contributed by atoms with Crippen LogP contribution in [0.5, 0.6) is 0 Å². The molecule has 0 radical (unpaired) electrons. The van der Waals surface area contributed by atoms with E-state index in [4.69, 9.17) is 0 Å². The maximum Gasteiger partial charge on any atom is 0.0961 e. The van der Waals surface area contributed by atoms with Gasteiger partial charge in [0.2, 0.25) is 0 Å². The second-order valence-corrected chi connectivity index (χ2v) is 3.30. The monoisotopic (exact) mass is 198 g/mol. The number of nitrogens with zero attached hydrogens (tertiary/aromatic N) is 1. The molecule has 1 aliphatic heterocycles. The van der Waals surface area contributed by atoms with Crippen molar-refractivity contribution in [2.24, 2.45) is 10.9 Å². The van der Waals surface area contributed by atoms with Crippen LogP contribution in [0.2, 0.25) is 0 Å². The van der Waals surface area contributed by atoms with Gasteiger partial charge in [-0.2, -0.15) is 0 Å². The van der Waals surface area contributed by atoms with Gasteiger partial charge < -0.3 is 5.32 Å². The van der Waals surface area contributed by atoms with Crippen LogP contribution in [-0.2, 0) is 0 Å². The Morgan fingerprint density at radius 3 is 2.07 bits per heavy atom. The topological polar surface area (TPSA) is 24.4 Å². The van der Waals surface area contributed by atoms with Gasteiger partial charge in [-0.25, -0.2) is 0 Å². The molecule has 0 aromatic carbocycles. The number of aliphatic imine (C=N–C) groups is 1. The van der Waals surface area contributed by atoms with Gasteiger partial charge in [-0.1, -0.05) is 27.7 Å². The number of hydrogen-bond donors (Lipinski definition) is 1. The molecule has 0 spiro atoms. The predicted octanol–water partition coefficient (Wildman–Crippen LogP) is 3.23. The molecule has 2 rings (SSSR count). The third-order valence-electron chi connectivity index (χ3n) is 2.79. The number of piperidine rings is 1. The lowest BCUT2D eigenvalue weighted by Gasteiger charge is -2.42.